The first-order valence-corrected chi connectivity index (χ1v) is 12.4. The van der Waals surface area contributed by atoms with Crippen molar-refractivity contribution < 1.29 is 47.6 Å². The monoisotopic (exact) mass is 525 g/mol. The van der Waals surface area contributed by atoms with E-state index in [2.05, 4.69) is 0 Å². The largest absolute Gasteiger partial charge is 0.514 e. The van der Waals surface area contributed by atoms with Crippen molar-refractivity contribution in [3.8, 4) is 11.5 Å². The Morgan fingerprint density at radius 3 is 2.00 bits per heavy atom. The van der Waals surface area contributed by atoms with Crippen molar-refractivity contribution in [1.82, 2.24) is 0 Å². The first kappa shape index (κ1) is 31.7. The highest BCUT2D eigenvalue weighted by molar-refractivity contribution is 5.76. The standard InChI is InChI=1S/C26H39NO10/c1-7-8-9-10-23(28)35-18(6)15-32-24(29)20(27)13-19-11-12-21(36-25(30)33-16(2)3)22(14-19)37-26(31)34-17(4)5/h11-12,14,16-18,20H,7-10,13,15,27H2,1-6H3/t18-,20-/m0/s1. The average Bonchev–Trinajstić information content (AvgIpc) is 2.78. The Morgan fingerprint density at radius 2 is 1.43 bits per heavy atom. The number of rotatable bonds is 14. The lowest BCUT2D eigenvalue weighted by molar-refractivity contribution is -0.158. The summed E-state index contributed by atoms with van der Waals surface area (Å²) in [5.41, 5.74) is 6.49. The summed E-state index contributed by atoms with van der Waals surface area (Å²) in [7, 11) is 0. The van der Waals surface area contributed by atoms with Crippen LogP contribution in [0.25, 0.3) is 0 Å². The van der Waals surface area contributed by atoms with Crippen LogP contribution in [-0.2, 0) is 35.0 Å². The molecule has 0 spiro atoms. The number of hydrogen-bond donors (Lipinski definition) is 1. The smallest absolute Gasteiger partial charge is 0.461 e. The summed E-state index contributed by atoms with van der Waals surface area (Å²) in [6, 6.07) is 3.27. The number of esters is 2. The Bertz CT molecular complexity index is 899. The van der Waals surface area contributed by atoms with E-state index >= 15 is 0 Å². The van der Waals surface area contributed by atoms with E-state index in [0.717, 1.165) is 19.3 Å². The van der Waals surface area contributed by atoms with Gasteiger partial charge in [-0.05, 0) is 65.2 Å². The second-order valence-corrected chi connectivity index (χ2v) is 9.02. The van der Waals surface area contributed by atoms with Gasteiger partial charge in [-0.15, -0.1) is 0 Å². The van der Waals surface area contributed by atoms with Gasteiger partial charge in [0.2, 0.25) is 0 Å². The van der Waals surface area contributed by atoms with Crippen LogP contribution >= 0.6 is 0 Å². The van der Waals surface area contributed by atoms with Crippen molar-refractivity contribution in [3.05, 3.63) is 23.8 Å². The van der Waals surface area contributed by atoms with Gasteiger partial charge < -0.3 is 34.2 Å². The molecule has 11 heteroatoms. The number of ether oxygens (including phenoxy) is 6. The maximum Gasteiger partial charge on any atom is 0.514 e. The fourth-order valence-corrected chi connectivity index (χ4v) is 2.94. The summed E-state index contributed by atoms with van der Waals surface area (Å²) < 4.78 is 30.7. The first-order valence-electron chi connectivity index (χ1n) is 12.4. The molecule has 0 aliphatic heterocycles. The molecule has 2 N–H and O–H groups in total. The van der Waals surface area contributed by atoms with Gasteiger partial charge in [0.25, 0.3) is 0 Å². The van der Waals surface area contributed by atoms with Crippen LogP contribution < -0.4 is 15.2 Å². The Balaban J connectivity index is 2.79. The zero-order valence-corrected chi connectivity index (χ0v) is 22.4. The van der Waals surface area contributed by atoms with Crippen molar-refractivity contribution in [3.63, 3.8) is 0 Å². The van der Waals surface area contributed by atoms with Crippen LogP contribution in [0.5, 0.6) is 11.5 Å². The summed E-state index contributed by atoms with van der Waals surface area (Å²) in [6.07, 6.45) is -0.434. The third-order valence-corrected chi connectivity index (χ3v) is 4.59. The molecule has 0 unspecified atom stereocenters. The number of benzene rings is 1. The molecule has 0 saturated carbocycles. The molecule has 1 rings (SSSR count). The fourth-order valence-electron chi connectivity index (χ4n) is 2.94. The Morgan fingerprint density at radius 1 is 0.838 bits per heavy atom. The van der Waals surface area contributed by atoms with E-state index in [-0.39, 0.29) is 30.5 Å². The molecule has 0 saturated heterocycles. The molecule has 0 aromatic heterocycles. The normalized spacial score (nSPS) is 12.5. The van der Waals surface area contributed by atoms with Crippen LogP contribution in [0.4, 0.5) is 9.59 Å². The van der Waals surface area contributed by atoms with Crippen LogP contribution in [0.2, 0.25) is 0 Å². The molecule has 0 aliphatic carbocycles. The van der Waals surface area contributed by atoms with E-state index in [1.165, 1.54) is 12.1 Å². The van der Waals surface area contributed by atoms with Crippen LogP contribution in [0, 0.1) is 0 Å². The summed E-state index contributed by atoms with van der Waals surface area (Å²) in [5, 5.41) is 0. The van der Waals surface area contributed by atoms with E-state index in [0.29, 0.717) is 12.0 Å². The quantitative estimate of drug-likeness (QED) is 0.159. The molecule has 0 heterocycles. The van der Waals surface area contributed by atoms with Crippen molar-refractivity contribution in [1.29, 1.82) is 0 Å². The second-order valence-electron chi connectivity index (χ2n) is 9.02. The molecule has 11 nitrogen and oxygen atoms in total. The molecule has 1 aromatic rings. The minimum absolute atomic E-state index is 0.0241. The first-order chi connectivity index (χ1) is 17.4. The van der Waals surface area contributed by atoms with Gasteiger partial charge >= 0.3 is 24.2 Å². The lowest BCUT2D eigenvalue weighted by Crippen LogP contribution is -2.36. The molecule has 2 atom stereocenters. The average molecular weight is 526 g/mol. The van der Waals surface area contributed by atoms with Crippen LogP contribution in [0.1, 0.15) is 72.8 Å². The third kappa shape index (κ3) is 13.5. The molecule has 0 bridgehead atoms. The van der Waals surface area contributed by atoms with E-state index in [4.69, 9.17) is 34.2 Å². The molecule has 0 fully saturated rings. The van der Waals surface area contributed by atoms with E-state index in [1.54, 1.807) is 40.7 Å². The minimum atomic E-state index is -1.06. The van der Waals surface area contributed by atoms with E-state index in [1.807, 2.05) is 6.92 Å². The van der Waals surface area contributed by atoms with Gasteiger partial charge in [-0.3, -0.25) is 9.59 Å². The Labute approximate surface area is 217 Å². The van der Waals surface area contributed by atoms with Gasteiger partial charge in [0.15, 0.2) is 11.5 Å². The van der Waals surface area contributed by atoms with Gasteiger partial charge in [0.1, 0.15) is 18.8 Å². The predicted octanol–water partition coefficient (Wildman–Crippen LogP) is 4.46. The van der Waals surface area contributed by atoms with Crippen LogP contribution in [-0.4, -0.2) is 55.2 Å². The lowest BCUT2D eigenvalue weighted by Gasteiger charge is -2.17. The molecular formula is C26H39NO10. The van der Waals surface area contributed by atoms with Gasteiger partial charge in [-0.1, -0.05) is 25.8 Å². The maximum absolute atomic E-state index is 12.4. The van der Waals surface area contributed by atoms with Gasteiger partial charge in [0, 0.05) is 6.42 Å². The van der Waals surface area contributed by atoms with Crippen molar-refractivity contribution in [2.45, 2.75) is 98.0 Å². The zero-order valence-electron chi connectivity index (χ0n) is 22.4. The Hall–Kier alpha value is -3.34. The van der Waals surface area contributed by atoms with Gasteiger partial charge in [-0.25, -0.2) is 9.59 Å². The fraction of sp³-hybridized carbons (Fsp3) is 0.615. The molecular weight excluding hydrogens is 486 g/mol. The molecule has 1 aromatic carbocycles. The highest BCUT2D eigenvalue weighted by Crippen LogP contribution is 2.30. The number of hydrogen-bond acceptors (Lipinski definition) is 11. The predicted molar refractivity (Wildman–Crippen MR) is 133 cm³/mol. The molecule has 208 valence electrons. The molecule has 0 radical (unpaired) electrons. The molecule has 37 heavy (non-hydrogen) atoms. The topological polar surface area (TPSA) is 150 Å². The van der Waals surface area contributed by atoms with Gasteiger partial charge in [-0.2, -0.15) is 0 Å². The zero-order chi connectivity index (χ0) is 28.0. The maximum atomic E-state index is 12.4. The summed E-state index contributed by atoms with van der Waals surface area (Å²) in [5.74, 6) is -1.24. The lowest BCUT2D eigenvalue weighted by atomic mass is 10.1. The number of nitrogens with two attached hydrogens (primary N) is 1. The summed E-state index contributed by atoms with van der Waals surface area (Å²) in [4.78, 5) is 48.1. The van der Waals surface area contributed by atoms with Crippen LogP contribution in [0.15, 0.2) is 18.2 Å². The SMILES string of the molecule is CCCCCC(=O)O[C@@H](C)COC(=O)[C@@H](N)Cc1ccc(OC(=O)OC(C)C)c(OC(=O)OC(C)C)c1. The third-order valence-electron chi connectivity index (χ3n) is 4.59. The highest BCUT2D eigenvalue weighted by atomic mass is 16.7. The van der Waals surface area contributed by atoms with Crippen LogP contribution in [0.3, 0.4) is 0 Å². The van der Waals surface area contributed by atoms with Gasteiger partial charge in [0.05, 0.1) is 12.2 Å². The summed E-state index contributed by atoms with van der Waals surface area (Å²) in [6.45, 7) is 10.1. The second kappa shape index (κ2) is 16.4. The molecule has 0 amide bonds. The van der Waals surface area contributed by atoms with Crippen molar-refractivity contribution in [2.24, 2.45) is 5.73 Å². The van der Waals surface area contributed by atoms with E-state index in [9.17, 15) is 19.2 Å². The van der Waals surface area contributed by atoms with E-state index < -0.39 is 42.6 Å². The number of carbonyl (C=O) groups excluding carboxylic acids is 4. The Kier molecular flexibility index (Phi) is 14.1. The molecule has 0 aliphatic rings. The minimum Gasteiger partial charge on any atom is -0.461 e. The van der Waals surface area contributed by atoms with Crippen molar-refractivity contribution in [2.75, 3.05) is 6.61 Å². The van der Waals surface area contributed by atoms with Crippen molar-refractivity contribution >= 4 is 24.2 Å². The highest BCUT2D eigenvalue weighted by Gasteiger charge is 2.22. The number of unbranched alkanes of at least 4 members (excludes halogenated alkanes) is 2. The number of carbonyl (C=O) groups is 4. The summed E-state index contributed by atoms with van der Waals surface area (Å²) >= 11 is 0.